The fourth-order valence-corrected chi connectivity index (χ4v) is 4.13. The number of amides is 1. The van der Waals surface area contributed by atoms with Crippen LogP contribution in [0.15, 0.2) is 53.3 Å². The van der Waals surface area contributed by atoms with Crippen molar-refractivity contribution in [3.8, 4) is 11.3 Å². The van der Waals surface area contributed by atoms with Crippen molar-refractivity contribution in [2.24, 2.45) is 0 Å². The molecule has 37 heavy (non-hydrogen) atoms. The molecule has 2 N–H and O–H groups in total. The molecule has 2 heterocycles. The number of benzene rings is 2. The smallest absolute Gasteiger partial charge is 0.417 e. The Morgan fingerprint density at radius 3 is 2.65 bits per heavy atom. The first-order valence-corrected chi connectivity index (χ1v) is 11.2. The van der Waals surface area contributed by atoms with E-state index in [1.807, 2.05) is 0 Å². The van der Waals surface area contributed by atoms with Gasteiger partial charge in [0.2, 0.25) is 0 Å². The number of carboxylic acid groups (broad SMARTS) is 1. The van der Waals surface area contributed by atoms with Gasteiger partial charge in [0.15, 0.2) is 6.10 Å². The molecular formula is C25H23F3N2O7. The Balaban J connectivity index is 1.58. The third-order valence-electron chi connectivity index (χ3n) is 5.90. The number of carbonyl (C=O) groups is 2. The third kappa shape index (κ3) is 5.75. The van der Waals surface area contributed by atoms with Gasteiger partial charge in [-0.15, -0.1) is 0 Å². The number of rotatable bonds is 9. The molecule has 0 aliphatic carbocycles. The number of H-pyrrole nitrogens is 1. The Kier molecular flexibility index (Phi) is 7.50. The summed E-state index contributed by atoms with van der Waals surface area (Å²) in [5, 5.41) is 9.91. The fourth-order valence-electron chi connectivity index (χ4n) is 4.13. The molecule has 1 aliphatic rings. The SMILES string of the molecule is COCCOC(C[C@H]1CN(c2ccc3cc(-c4ccccc4C(F)(F)F)[nH]c(=O)c3c2)C(=O)O1)C(=O)O. The number of aliphatic carboxylic acids is 1. The molecule has 2 atom stereocenters. The highest BCUT2D eigenvalue weighted by atomic mass is 19.4. The number of methoxy groups -OCH3 is 1. The number of nitrogens with zero attached hydrogens (tertiary/aromatic N) is 1. The minimum absolute atomic E-state index is 0.00649. The molecule has 3 aromatic rings. The molecule has 1 aromatic heterocycles. The zero-order valence-corrected chi connectivity index (χ0v) is 19.6. The summed E-state index contributed by atoms with van der Waals surface area (Å²) in [5.74, 6) is -1.20. The number of hydrogen-bond donors (Lipinski definition) is 2. The van der Waals surface area contributed by atoms with Crippen LogP contribution in [-0.4, -0.2) is 61.2 Å². The van der Waals surface area contributed by atoms with E-state index in [-0.39, 0.29) is 42.8 Å². The number of pyridine rings is 1. The average Bonchev–Trinajstić information content (AvgIpc) is 3.22. The van der Waals surface area contributed by atoms with Gasteiger partial charge in [0, 0.05) is 35.9 Å². The molecule has 1 saturated heterocycles. The first-order chi connectivity index (χ1) is 17.6. The number of ether oxygens (including phenoxy) is 3. The Morgan fingerprint density at radius 2 is 1.95 bits per heavy atom. The molecule has 0 radical (unpaired) electrons. The maximum absolute atomic E-state index is 13.5. The molecule has 1 amide bonds. The Hall–Kier alpha value is -3.90. The van der Waals surface area contributed by atoms with Crippen LogP contribution in [0.1, 0.15) is 12.0 Å². The lowest BCUT2D eigenvalue weighted by Crippen LogP contribution is -2.32. The van der Waals surface area contributed by atoms with E-state index in [0.717, 1.165) is 6.07 Å². The third-order valence-corrected chi connectivity index (χ3v) is 5.90. The van der Waals surface area contributed by atoms with Crippen LogP contribution < -0.4 is 10.5 Å². The lowest BCUT2D eigenvalue weighted by molar-refractivity contribution is -0.153. The van der Waals surface area contributed by atoms with Gasteiger partial charge in [0.1, 0.15) is 6.10 Å². The van der Waals surface area contributed by atoms with E-state index in [4.69, 9.17) is 14.2 Å². The highest BCUT2D eigenvalue weighted by Gasteiger charge is 2.36. The lowest BCUT2D eigenvalue weighted by Gasteiger charge is -2.17. The molecule has 12 heteroatoms. The van der Waals surface area contributed by atoms with Gasteiger partial charge in [-0.3, -0.25) is 9.69 Å². The van der Waals surface area contributed by atoms with Crippen molar-refractivity contribution in [3.05, 3.63) is 64.4 Å². The van der Waals surface area contributed by atoms with Crippen LogP contribution in [0.2, 0.25) is 0 Å². The molecule has 1 unspecified atom stereocenters. The van der Waals surface area contributed by atoms with E-state index in [9.17, 15) is 32.7 Å². The largest absolute Gasteiger partial charge is 0.479 e. The summed E-state index contributed by atoms with van der Waals surface area (Å²) in [6.45, 7) is 0.285. The second kappa shape index (κ2) is 10.6. The number of alkyl halides is 3. The number of fused-ring (bicyclic) bond motifs is 1. The summed E-state index contributed by atoms with van der Waals surface area (Å²) in [6.07, 6.45) is -7.39. The number of aromatic amines is 1. The summed E-state index contributed by atoms with van der Waals surface area (Å²) in [5.41, 5.74) is -1.34. The quantitative estimate of drug-likeness (QED) is 0.409. The molecule has 1 aliphatic heterocycles. The van der Waals surface area contributed by atoms with E-state index < -0.39 is 41.6 Å². The maximum atomic E-state index is 13.5. The van der Waals surface area contributed by atoms with E-state index in [1.54, 1.807) is 0 Å². The number of nitrogens with one attached hydrogen (secondary N) is 1. The number of carboxylic acids is 1. The van der Waals surface area contributed by atoms with Gasteiger partial charge in [-0.2, -0.15) is 13.2 Å². The number of cyclic esters (lactones) is 1. The van der Waals surface area contributed by atoms with Crippen molar-refractivity contribution < 1.29 is 42.1 Å². The van der Waals surface area contributed by atoms with Gasteiger partial charge >= 0.3 is 18.2 Å². The lowest BCUT2D eigenvalue weighted by atomic mass is 10.0. The van der Waals surface area contributed by atoms with Crippen molar-refractivity contribution in [1.82, 2.24) is 4.98 Å². The van der Waals surface area contributed by atoms with Crippen LogP contribution in [0.3, 0.4) is 0 Å². The predicted molar refractivity (Wildman–Crippen MR) is 126 cm³/mol. The minimum Gasteiger partial charge on any atom is -0.479 e. The molecule has 0 saturated carbocycles. The van der Waals surface area contributed by atoms with Crippen molar-refractivity contribution in [1.29, 1.82) is 0 Å². The van der Waals surface area contributed by atoms with Crippen molar-refractivity contribution >= 4 is 28.5 Å². The Bertz CT molecular complexity index is 1370. The summed E-state index contributed by atoms with van der Waals surface area (Å²) >= 11 is 0. The molecule has 0 spiro atoms. The second-order valence-corrected chi connectivity index (χ2v) is 8.37. The summed E-state index contributed by atoms with van der Waals surface area (Å²) in [6, 6.07) is 10.9. The van der Waals surface area contributed by atoms with Crippen LogP contribution in [0.4, 0.5) is 23.7 Å². The van der Waals surface area contributed by atoms with E-state index in [0.29, 0.717) is 11.1 Å². The maximum Gasteiger partial charge on any atom is 0.417 e. The van der Waals surface area contributed by atoms with Crippen LogP contribution >= 0.6 is 0 Å². The molecule has 1 fully saturated rings. The van der Waals surface area contributed by atoms with Crippen LogP contribution in [0.25, 0.3) is 22.0 Å². The summed E-state index contributed by atoms with van der Waals surface area (Å²) < 4.78 is 55.8. The molecule has 2 aromatic carbocycles. The van der Waals surface area contributed by atoms with Crippen LogP contribution in [0, 0.1) is 0 Å². The summed E-state index contributed by atoms with van der Waals surface area (Å²) in [7, 11) is 1.45. The molecular weight excluding hydrogens is 497 g/mol. The van der Waals surface area contributed by atoms with Crippen LogP contribution in [0.5, 0.6) is 0 Å². The number of anilines is 1. The monoisotopic (exact) mass is 520 g/mol. The van der Waals surface area contributed by atoms with E-state index in [2.05, 4.69) is 4.98 Å². The van der Waals surface area contributed by atoms with Crippen molar-refractivity contribution in [2.45, 2.75) is 24.8 Å². The van der Waals surface area contributed by atoms with Crippen molar-refractivity contribution in [3.63, 3.8) is 0 Å². The molecule has 196 valence electrons. The normalized spacial score (nSPS) is 16.7. The van der Waals surface area contributed by atoms with E-state index >= 15 is 0 Å². The number of carbonyl (C=O) groups excluding carboxylic acids is 1. The molecule has 4 rings (SSSR count). The van der Waals surface area contributed by atoms with Gasteiger partial charge in [0.05, 0.1) is 25.3 Å². The highest BCUT2D eigenvalue weighted by molar-refractivity contribution is 5.95. The van der Waals surface area contributed by atoms with Gasteiger partial charge < -0.3 is 24.3 Å². The number of hydrogen-bond acceptors (Lipinski definition) is 6. The minimum atomic E-state index is -4.60. The van der Waals surface area contributed by atoms with E-state index in [1.165, 1.54) is 54.5 Å². The van der Waals surface area contributed by atoms with Gasteiger partial charge in [-0.25, -0.2) is 9.59 Å². The molecule has 9 nitrogen and oxygen atoms in total. The zero-order valence-electron chi connectivity index (χ0n) is 19.6. The zero-order chi connectivity index (χ0) is 26.7. The van der Waals surface area contributed by atoms with Crippen molar-refractivity contribution in [2.75, 3.05) is 31.8 Å². The first kappa shape index (κ1) is 26.2. The number of halogens is 3. The Labute approximate surface area is 208 Å². The summed E-state index contributed by atoms with van der Waals surface area (Å²) in [4.78, 5) is 40.6. The topological polar surface area (TPSA) is 118 Å². The first-order valence-electron chi connectivity index (χ1n) is 11.2. The Morgan fingerprint density at radius 1 is 1.19 bits per heavy atom. The second-order valence-electron chi connectivity index (χ2n) is 8.37. The van der Waals surface area contributed by atoms with Gasteiger partial charge in [-0.05, 0) is 29.7 Å². The highest BCUT2D eigenvalue weighted by Crippen LogP contribution is 2.37. The average molecular weight is 520 g/mol. The fraction of sp³-hybridized carbons (Fsp3) is 0.320. The molecule has 0 bridgehead atoms. The number of aromatic nitrogens is 1. The predicted octanol–water partition coefficient (Wildman–Crippen LogP) is 4.05. The van der Waals surface area contributed by atoms with Gasteiger partial charge in [-0.1, -0.05) is 24.3 Å². The standard InChI is InChI=1S/C25H23F3N2O7/c1-35-8-9-36-21(23(32)33)12-16-13-30(24(34)37-16)15-7-6-14-10-20(29-22(31)18(14)11-15)17-4-2-3-5-19(17)25(26,27)28/h2-7,10-11,16,21H,8-9,12-13H2,1H3,(H,29,31)(H,32,33)/t16-,21?/m0/s1. The van der Waals surface area contributed by atoms with Crippen LogP contribution in [-0.2, 0) is 25.2 Å². The van der Waals surface area contributed by atoms with Gasteiger partial charge in [0.25, 0.3) is 5.56 Å².